The van der Waals surface area contributed by atoms with Gasteiger partial charge in [0.15, 0.2) is 0 Å². The first-order valence-corrected chi connectivity index (χ1v) is 8.28. The molecule has 0 aliphatic carbocycles. The van der Waals surface area contributed by atoms with Crippen LogP contribution in [0.25, 0.3) is 11.4 Å². The molecule has 0 amide bonds. The molecule has 0 spiro atoms. The molecule has 1 unspecified atom stereocenters. The SMILES string of the molecule is COCCN1C(c2ccnc(F)c2)=C(c2ccc(F)cc2)N(S)C1C. The Bertz CT molecular complexity index is 782. The van der Waals surface area contributed by atoms with Crippen LogP contribution in [0.1, 0.15) is 18.1 Å². The predicted octanol–water partition coefficient (Wildman–Crippen LogP) is 3.64. The van der Waals surface area contributed by atoms with Crippen molar-refractivity contribution < 1.29 is 13.5 Å². The molecule has 1 aromatic carbocycles. The predicted molar refractivity (Wildman–Crippen MR) is 96.3 cm³/mol. The number of aromatic nitrogens is 1. The van der Waals surface area contributed by atoms with Gasteiger partial charge in [-0.25, -0.2) is 9.37 Å². The molecule has 2 aromatic rings. The molecule has 0 saturated carbocycles. The fraction of sp³-hybridized carbons (Fsp3) is 0.278. The van der Waals surface area contributed by atoms with Crippen molar-refractivity contribution in [2.45, 2.75) is 13.1 Å². The molecule has 3 rings (SSSR count). The number of benzene rings is 1. The minimum Gasteiger partial charge on any atom is -0.383 e. The fourth-order valence-electron chi connectivity index (χ4n) is 2.97. The van der Waals surface area contributed by atoms with Crippen LogP contribution in [0.5, 0.6) is 0 Å². The molecule has 0 fully saturated rings. The van der Waals surface area contributed by atoms with Gasteiger partial charge in [0.05, 0.1) is 18.0 Å². The van der Waals surface area contributed by atoms with E-state index in [9.17, 15) is 8.78 Å². The molecule has 1 aliphatic heterocycles. The smallest absolute Gasteiger partial charge is 0.213 e. The second-order valence-corrected chi connectivity index (χ2v) is 6.16. The summed E-state index contributed by atoms with van der Waals surface area (Å²) in [6.45, 7) is 3.12. The van der Waals surface area contributed by atoms with Crippen molar-refractivity contribution in [1.82, 2.24) is 14.2 Å². The molecule has 0 saturated heterocycles. The normalized spacial score (nSPS) is 17.6. The Morgan fingerprint density at radius 1 is 1.12 bits per heavy atom. The maximum atomic E-state index is 13.7. The molecule has 0 N–H and O–H groups in total. The minimum absolute atomic E-state index is 0.0789. The van der Waals surface area contributed by atoms with Crippen molar-refractivity contribution in [2.75, 3.05) is 20.3 Å². The number of hydrogen-bond acceptors (Lipinski definition) is 5. The Morgan fingerprint density at radius 2 is 1.84 bits per heavy atom. The summed E-state index contributed by atoms with van der Waals surface area (Å²) >= 11 is 4.63. The van der Waals surface area contributed by atoms with Gasteiger partial charge in [0.2, 0.25) is 5.95 Å². The maximum Gasteiger partial charge on any atom is 0.213 e. The van der Waals surface area contributed by atoms with E-state index >= 15 is 0 Å². The van der Waals surface area contributed by atoms with E-state index in [1.165, 1.54) is 24.4 Å². The van der Waals surface area contributed by atoms with Crippen LogP contribution in [-0.2, 0) is 4.74 Å². The number of thiol groups is 1. The zero-order chi connectivity index (χ0) is 18.0. The molecule has 1 aliphatic rings. The van der Waals surface area contributed by atoms with Crippen molar-refractivity contribution >= 4 is 24.2 Å². The van der Waals surface area contributed by atoms with E-state index < -0.39 is 5.95 Å². The molecule has 25 heavy (non-hydrogen) atoms. The van der Waals surface area contributed by atoms with Gasteiger partial charge in [-0.05, 0) is 37.3 Å². The first kappa shape index (κ1) is 17.7. The van der Waals surface area contributed by atoms with Gasteiger partial charge in [0.25, 0.3) is 0 Å². The van der Waals surface area contributed by atoms with Crippen LogP contribution in [0.4, 0.5) is 8.78 Å². The average Bonchev–Trinajstić information content (AvgIpc) is 2.85. The second-order valence-electron chi connectivity index (χ2n) is 5.73. The summed E-state index contributed by atoms with van der Waals surface area (Å²) in [5.74, 6) is -0.866. The molecule has 1 aromatic heterocycles. The molecule has 7 heteroatoms. The van der Waals surface area contributed by atoms with E-state index in [4.69, 9.17) is 4.74 Å². The molecule has 0 bridgehead atoms. The van der Waals surface area contributed by atoms with Gasteiger partial charge in [-0.1, -0.05) is 12.8 Å². The highest BCUT2D eigenvalue weighted by atomic mass is 32.1. The van der Waals surface area contributed by atoms with E-state index in [0.29, 0.717) is 18.7 Å². The average molecular weight is 363 g/mol. The fourth-order valence-corrected chi connectivity index (χ4v) is 3.30. The molecule has 1 atom stereocenters. The molecule has 2 heterocycles. The van der Waals surface area contributed by atoms with Crippen LogP contribution >= 0.6 is 12.8 Å². The topological polar surface area (TPSA) is 28.6 Å². The van der Waals surface area contributed by atoms with Crippen LogP contribution in [0, 0.1) is 11.8 Å². The van der Waals surface area contributed by atoms with E-state index in [-0.39, 0.29) is 12.0 Å². The third-order valence-corrected chi connectivity index (χ3v) is 4.73. The maximum absolute atomic E-state index is 13.7. The number of hydrogen-bond donors (Lipinski definition) is 1. The van der Waals surface area contributed by atoms with E-state index in [1.807, 2.05) is 6.92 Å². The first-order valence-electron chi connectivity index (χ1n) is 7.88. The third kappa shape index (κ3) is 3.48. The lowest BCUT2D eigenvalue weighted by molar-refractivity contribution is 0.150. The number of ether oxygens (including phenoxy) is 1. The van der Waals surface area contributed by atoms with Gasteiger partial charge < -0.3 is 9.64 Å². The molecule has 0 radical (unpaired) electrons. The Kier molecular flexibility index (Phi) is 5.24. The number of rotatable bonds is 5. The molecule has 132 valence electrons. The van der Waals surface area contributed by atoms with E-state index in [0.717, 1.165) is 17.0 Å². The molecular weight excluding hydrogens is 344 g/mol. The van der Waals surface area contributed by atoms with Crippen molar-refractivity contribution in [3.8, 4) is 0 Å². The monoisotopic (exact) mass is 363 g/mol. The third-order valence-electron chi connectivity index (χ3n) is 4.20. The number of pyridine rings is 1. The van der Waals surface area contributed by atoms with Crippen molar-refractivity contribution in [2.24, 2.45) is 0 Å². The number of methoxy groups -OCH3 is 1. The van der Waals surface area contributed by atoms with Crippen LogP contribution in [0.15, 0.2) is 42.6 Å². The van der Waals surface area contributed by atoms with Crippen LogP contribution < -0.4 is 0 Å². The van der Waals surface area contributed by atoms with E-state index in [2.05, 4.69) is 22.7 Å². The van der Waals surface area contributed by atoms with E-state index in [1.54, 1.807) is 29.6 Å². The van der Waals surface area contributed by atoms with Gasteiger partial charge in [-0.3, -0.25) is 4.31 Å². The first-order chi connectivity index (χ1) is 12.0. The zero-order valence-electron chi connectivity index (χ0n) is 14.0. The lowest BCUT2D eigenvalue weighted by Gasteiger charge is -2.29. The quantitative estimate of drug-likeness (QED) is 0.649. The highest BCUT2D eigenvalue weighted by Crippen LogP contribution is 2.42. The zero-order valence-corrected chi connectivity index (χ0v) is 14.9. The van der Waals surface area contributed by atoms with Crippen LogP contribution in [0.3, 0.4) is 0 Å². The largest absolute Gasteiger partial charge is 0.383 e. The van der Waals surface area contributed by atoms with Gasteiger partial charge >= 0.3 is 0 Å². The Hall–Kier alpha value is -2.12. The lowest BCUT2D eigenvalue weighted by Crippen LogP contribution is -2.35. The van der Waals surface area contributed by atoms with Crippen molar-refractivity contribution in [1.29, 1.82) is 0 Å². The van der Waals surface area contributed by atoms with Crippen LogP contribution in [-0.4, -0.2) is 40.6 Å². The standard InChI is InChI=1S/C18H19F2N3OS/c1-12-22(9-10-24-2)17(14-7-8-21-16(20)11-14)18(23(12)25)13-3-5-15(19)6-4-13/h3-8,11-12,25H,9-10H2,1-2H3. The highest BCUT2D eigenvalue weighted by Gasteiger charge is 2.35. The molecular formula is C18H19F2N3OS. The summed E-state index contributed by atoms with van der Waals surface area (Å²) in [4.78, 5) is 5.72. The van der Waals surface area contributed by atoms with Gasteiger partial charge in [-0.2, -0.15) is 4.39 Å². The Morgan fingerprint density at radius 3 is 2.48 bits per heavy atom. The van der Waals surface area contributed by atoms with Gasteiger partial charge in [0, 0.05) is 37.0 Å². The Labute approximate surface area is 151 Å². The number of nitrogens with zero attached hydrogens (tertiary/aromatic N) is 3. The molecule has 4 nitrogen and oxygen atoms in total. The summed E-state index contributed by atoms with van der Waals surface area (Å²) in [6, 6.07) is 9.32. The summed E-state index contributed by atoms with van der Waals surface area (Å²) in [5, 5.41) is 0. The summed E-state index contributed by atoms with van der Waals surface area (Å²) in [5.41, 5.74) is 3.09. The van der Waals surface area contributed by atoms with Gasteiger partial charge in [-0.15, -0.1) is 0 Å². The highest BCUT2D eigenvalue weighted by molar-refractivity contribution is 7.78. The van der Waals surface area contributed by atoms with Crippen molar-refractivity contribution in [3.63, 3.8) is 0 Å². The summed E-state index contributed by atoms with van der Waals surface area (Å²) in [6.07, 6.45) is 1.35. The minimum atomic E-state index is -0.555. The Balaban J connectivity index is 2.17. The lowest BCUT2D eigenvalue weighted by atomic mass is 10.1. The summed E-state index contributed by atoms with van der Waals surface area (Å²) < 4.78 is 34.1. The second kappa shape index (κ2) is 7.41. The number of halogens is 2. The van der Waals surface area contributed by atoms with Crippen LogP contribution in [0.2, 0.25) is 0 Å². The summed E-state index contributed by atoms with van der Waals surface area (Å²) in [7, 11) is 1.63. The van der Waals surface area contributed by atoms with Crippen molar-refractivity contribution in [3.05, 3.63) is 65.5 Å². The van der Waals surface area contributed by atoms with Gasteiger partial charge in [0.1, 0.15) is 12.0 Å².